The summed E-state index contributed by atoms with van der Waals surface area (Å²) in [7, 11) is 1.97. The summed E-state index contributed by atoms with van der Waals surface area (Å²) < 4.78 is 2.04. The topological polar surface area (TPSA) is 29.9 Å². The minimum Gasteiger partial charge on any atom is -0.319 e. The second-order valence-electron chi connectivity index (χ2n) is 3.27. The van der Waals surface area contributed by atoms with Gasteiger partial charge in [0.05, 0.1) is 5.69 Å². The first kappa shape index (κ1) is 11.0. The summed E-state index contributed by atoms with van der Waals surface area (Å²) in [5, 5.41) is 7.37. The number of aromatic nitrogens is 2. The zero-order valence-electron chi connectivity index (χ0n) is 9.03. The van der Waals surface area contributed by atoms with Gasteiger partial charge in [0, 0.05) is 12.7 Å². The fourth-order valence-electron chi connectivity index (χ4n) is 1.31. The molecule has 1 aromatic heterocycles. The largest absolute Gasteiger partial charge is 0.319 e. The third-order valence-corrected chi connectivity index (χ3v) is 2.03. The van der Waals surface area contributed by atoms with E-state index in [1.807, 2.05) is 24.0 Å². The van der Waals surface area contributed by atoms with E-state index in [9.17, 15) is 0 Å². The molecule has 0 fully saturated rings. The van der Waals surface area contributed by atoms with Gasteiger partial charge in [-0.3, -0.25) is 4.68 Å². The lowest BCUT2D eigenvalue weighted by Crippen LogP contribution is -2.06. The van der Waals surface area contributed by atoms with E-state index in [1.165, 1.54) is 5.69 Å². The fourth-order valence-corrected chi connectivity index (χ4v) is 1.31. The lowest BCUT2D eigenvalue weighted by atomic mass is 10.3. The van der Waals surface area contributed by atoms with E-state index in [2.05, 4.69) is 29.5 Å². The van der Waals surface area contributed by atoms with Gasteiger partial charge in [0.2, 0.25) is 0 Å². The molecule has 0 atom stereocenters. The number of nitrogens with zero attached hydrogens (tertiary/aromatic N) is 2. The maximum atomic E-state index is 4.25. The highest BCUT2D eigenvalue weighted by Crippen LogP contribution is 2.03. The Bertz CT molecular complexity index is 276. The second kappa shape index (κ2) is 6.38. The zero-order chi connectivity index (χ0) is 10.2. The number of hydrogen-bond donors (Lipinski definition) is 1. The van der Waals surface area contributed by atoms with Crippen LogP contribution in [0.15, 0.2) is 18.3 Å². The maximum absolute atomic E-state index is 4.25. The molecule has 0 unspecified atom stereocenters. The van der Waals surface area contributed by atoms with Gasteiger partial charge >= 0.3 is 0 Å². The van der Waals surface area contributed by atoms with Crippen LogP contribution in [-0.2, 0) is 6.54 Å². The van der Waals surface area contributed by atoms with Crippen LogP contribution in [0.25, 0.3) is 6.08 Å². The van der Waals surface area contributed by atoms with Crippen molar-refractivity contribution in [1.82, 2.24) is 15.1 Å². The highest BCUT2D eigenvalue weighted by Gasteiger charge is 1.95. The molecule has 0 radical (unpaired) electrons. The van der Waals surface area contributed by atoms with Gasteiger partial charge < -0.3 is 5.32 Å². The highest BCUT2D eigenvalue weighted by molar-refractivity contribution is 5.44. The fraction of sp³-hybridized carbons (Fsp3) is 0.545. The van der Waals surface area contributed by atoms with Crippen molar-refractivity contribution in [1.29, 1.82) is 0 Å². The van der Waals surface area contributed by atoms with Crippen LogP contribution in [-0.4, -0.2) is 23.4 Å². The van der Waals surface area contributed by atoms with Crippen molar-refractivity contribution >= 4 is 6.08 Å². The van der Waals surface area contributed by atoms with E-state index in [0.29, 0.717) is 0 Å². The first-order chi connectivity index (χ1) is 6.88. The summed E-state index contributed by atoms with van der Waals surface area (Å²) in [6.07, 6.45) is 8.36. The first-order valence-corrected chi connectivity index (χ1v) is 5.21. The molecule has 0 aliphatic heterocycles. The van der Waals surface area contributed by atoms with Crippen LogP contribution in [0.3, 0.4) is 0 Å². The average molecular weight is 193 g/mol. The molecule has 0 aliphatic rings. The van der Waals surface area contributed by atoms with Crippen molar-refractivity contribution in [3.8, 4) is 0 Å². The van der Waals surface area contributed by atoms with Crippen LogP contribution in [0.4, 0.5) is 0 Å². The Morgan fingerprint density at radius 2 is 2.43 bits per heavy atom. The molecule has 78 valence electrons. The van der Waals surface area contributed by atoms with Crippen LogP contribution < -0.4 is 5.32 Å². The number of aryl methyl sites for hydroxylation is 1. The molecule has 3 heteroatoms. The van der Waals surface area contributed by atoms with Crippen molar-refractivity contribution in [2.24, 2.45) is 0 Å². The van der Waals surface area contributed by atoms with Gasteiger partial charge in [-0.1, -0.05) is 13.0 Å². The van der Waals surface area contributed by atoms with Gasteiger partial charge in [0.25, 0.3) is 0 Å². The SMILES string of the molecule is CCCn1nccc1C=CCCNC. The number of rotatable bonds is 6. The molecule has 0 aliphatic carbocycles. The minimum absolute atomic E-state index is 0.999. The molecule has 0 bridgehead atoms. The predicted molar refractivity (Wildman–Crippen MR) is 60.1 cm³/mol. The van der Waals surface area contributed by atoms with E-state index < -0.39 is 0 Å². The third kappa shape index (κ3) is 3.34. The lowest BCUT2D eigenvalue weighted by Gasteiger charge is -2.00. The van der Waals surface area contributed by atoms with Crippen molar-refractivity contribution in [2.45, 2.75) is 26.3 Å². The highest BCUT2D eigenvalue weighted by atomic mass is 15.3. The molecule has 0 spiro atoms. The Labute approximate surface area is 85.8 Å². The monoisotopic (exact) mass is 193 g/mol. The van der Waals surface area contributed by atoms with Crippen molar-refractivity contribution in [3.05, 3.63) is 24.0 Å². The molecule has 0 aromatic carbocycles. The van der Waals surface area contributed by atoms with Crippen molar-refractivity contribution in [2.75, 3.05) is 13.6 Å². The van der Waals surface area contributed by atoms with Gasteiger partial charge in [0.1, 0.15) is 0 Å². The number of hydrogen-bond acceptors (Lipinski definition) is 2. The number of nitrogens with one attached hydrogen (secondary N) is 1. The van der Waals surface area contributed by atoms with Gasteiger partial charge in [-0.2, -0.15) is 5.10 Å². The van der Waals surface area contributed by atoms with E-state index in [4.69, 9.17) is 0 Å². The summed E-state index contributed by atoms with van der Waals surface area (Å²) in [6.45, 7) is 4.19. The van der Waals surface area contributed by atoms with Gasteiger partial charge in [0.15, 0.2) is 0 Å². The molecule has 0 saturated heterocycles. The smallest absolute Gasteiger partial charge is 0.0606 e. The Morgan fingerprint density at radius 3 is 3.14 bits per heavy atom. The van der Waals surface area contributed by atoms with Crippen LogP contribution in [0.1, 0.15) is 25.5 Å². The molecular weight excluding hydrogens is 174 g/mol. The van der Waals surface area contributed by atoms with Gasteiger partial charge in [-0.05, 0) is 38.6 Å². The minimum atomic E-state index is 0.999. The van der Waals surface area contributed by atoms with Gasteiger partial charge in [-0.15, -0.1) is 0 Å². The Morgan fingerprint density at radius 1 is 1.57 bits per heavy atom. The zero-order valence-corrected chi connectivity index (χ0v) is 9.03. The summed E-state index contributed by atoms with van der Waals surface area (Å²) in [5.41, 5.74) is 1.20. The Kier molecular flexibility index (Phi) is 5.00. The van der Waals surface area contributed by atoms with Crippen LogP contribution in [0.2, 0.25) is 0 Å². The summed E-state index contributed by atoms with van der Waals surface area (Å²) in [6, 6.07) is 2.05. The lowest BCUT2D eigenvalue weighted by molar-refractivity contribution is 0.598. The normalized spacial score (nSPS) is 11.3. The first-order valence-electron chi connectivity index (χ1n) is 5.21. The molecule has 1 aromatic rings. The summed E-state index contributed by atoms with van der Waals surface area (Å²) >= 11 is 0. The van der Waals surface area contributed by atoms with E-state index in [-0.39, 0.29) is 0 Å². The van der Waals surface area contributed by atoms with Crippen LogP contribution in [0.5, 0.6) is 0 Å². The summed E-state index contributed by atoms with van der Waals surface area (Å²) in [4.78, 5) is 0. The van der Waals surface area contributed by atoms with Crippen molar-refractivity contribution < 1.29 is 0 Å². The second-order valence-corrected chi connectivity index (χ2v) is 3.27. The molecule has 3 nitrogen and oxygen atoms in total. The molecule has 1 heterocycles. The predicted octanol–water partition coefficient (Wildman–Crippen LogP) is 1.92. The maximum Gasteiger partial charge on any atom is 0.0606 e. The third-order valence-electron chi connectivity index (χ3n) is 2.03. The standard InChI is InChI=1S/C11H19N3/c1-3-10-14-11(7-9-13-14)6-4-5-8-12-2/h4,6-7,9,12H,3,5,8,10H2,1-2H3. The van der Waals surface area contributed by atoms with E-state index in [1.54, 1.807) is 0 Å². The Balaban J connectivity index is 2.48. The molecule has 1 N–H and O–H groups in total. The summed E-state index contributed by atoms with van der Waals surface area (Å²) in [5.74, 6) is 0. The van der Waals surface area contributed by atoms with E-state index in [0.717, 1.165) is 25.9 Å². The van der Waals surface area contributed by atoms with Crippen LogP contribution >= 0.6 is 0 Å². The van der Waals surface area contributed by atoms with E-state index >= 15 is 0 Å². The quantitative estimate of drug-likeness (QED) is 0.699. The molecular formula is C11H19N3. The van der Waals surface area contributed by atoms with Crippen LogP contribution in [0, 0.1) is 0 Å². The molecule has 0 amide bonds. The average Bonchev–Trinajstić information content (AvgIpc) is 2.61. The molecule has 14 heavy (non-hydrogen) atoms. The molecule has 0 saturated carbocycles. The van der Waals surface area contributed by atoms with Crippen molar-refractivity contribution in [3.63, 3.8) is 0 Å². The van der Waals surface area contributed by atoms with Gasteiger partial charge in [-0.25, -0.2) is 0 Å². The Hall–Kier alpha value is -1.09. The molecule has 1 rings (SSSR count).